The van der Waals surface area contributed by atoms with Crippen LogP contribution in [0.5, 0.6) is 0 Å². The molecule has 1 N–H and O–H groups in total. The van der Waals surface area contributed by atoms with Crippen LogP contribution in [-0.4, -0.2) is 28.3 Å². The summed E-state index contributed by atoms with van der Waals surface area (Å²) < 4.78 is 106. The lowest BCUT2D eigenvalue weighted by Crippen LogP contribution is -2.51. The van der Waals surface area contributed by atoms with Gasteiger partial charge >= 0.3 is 21.5 Å². The minimum Gasteiger partial charge on any atom is -0.206 e. The molecule has 0 saturated heterocycles. The highest BCUT2D eigenvalue weighted by molar-refractivity contribution is 8.05. The van der Waals surface area contributed by atoms with Crippen molar-refractivity contribution in [2.75, 3.05) is 0 Å². The molecule has 5 nitrogen and oxygen atoms in total. The Hall–Kier alpha value is -1.27. The molecule has 0 radical (unpaired) electrons. The average Bonchev–Trinajstić information content (AvgIpc) is 2.27. The fourth-order valence-corrected chi connectivity index (χ4v) is 3.78. The Labute approximate surface area is 110 Å². The minimum absolute atomic E-state index is 0.370. The average molecular weight is 339 g/mol. The summed E-state index contributed by atoms with van der Waals surface area (Å²) in [6, 6.07) is 5.23. The molecule has 0 atom stereocenters. The van der Waals surface area contributed by atoms with Crippen LogP contribution >= 0.6 is 0 Å². The lowest BCUT2D eigenvalue weighted by atomic mass is 10.4. The van der Waals surface area contributed by atoms with Gasteiger partial charge in [0.1, 0.15) is 0 Å². The van der Waals surface area contributed by atoms with E-state index >= 15 is 0 Å². The second-order valence-corrected chi connectivity index (χ2v) is 7.08. The third-order valence-corrected chi connectivity index (χ3v) is 5.50. The zero-order valence-electron chi connectivity index (χ0n) is 9.23. The molecule has 0 aromatic heterocycles. The Morgan fingerprint density at radius 2 is 1.30 bits per heavy atom. The maximum absolute atomic E-state index is 12.7. The number of hydrogen-bond donors (Lipinski definition) is 1. The van der Waals surface area contributed by atoms with Crippen LogP contribution in [0.2, 0.25) is 0 Å². The predicted octanol–water partition coefficient (Wildman–Crippen LogP) is 1.45. The number of rotatable bonds is 4. The SMILES string of the molecule is O=S(=O)(NS(=O)(=O)C(F)(F)C(F)(F)F)c1ccccc1. The third-order valence-electron chi connectivity index (χ3n) is 1.94. The quantitative estimate of drug-likeness (QED) is 0.842. The van der Waals surface area contributed by atoms with Gasteiger partial charge in [0, 0.05) is 0 Å². The predicted molar refractivity (Wildman–Crippen MR) is 56.7 cm³/mol. The second-order valence-electron chi connectivity index (χ2n) is 3.42. The highest BCUT2D eigenvalue weighted by Gasteiger charge is 2.68. The highest BCUT2D eigenvalue weighted by Crippen LogP contribution is 2.39. The van der Waals surface area contributed by atoms with Gasteiger partial charge in [-0.25, -0.2) is 16.8 Å². The zero-order valence-corrected chi connectivity index (χ0v) is 10.9. The van der Waals surface area contributed by atoms with E-state index in [1.54, 1.807) is 0 Å². The van der Waals surface area contributed by atoms with Crippen LogP contribution in [0.25, 0.3) is 0 Å². The molecule has 0 heterocycles. The number of sulfonamides is 2. The van der Waals surface area contributed by atoms with Crippen molar-refractivity contribution >= 4 is 20.0 Å². The Balaban J connectivity index is 3.23. The summed E-state index contributed by atoms with van der Waals surface area (Å²) in [5.74, 6) is 0. The number of nitrogens with one attached hydrogen (secondary N) is 1. The maximum Gasteiger partial charge on any atom is 0.471 e. The van der Waals surface area contributed by atoms with E-state index in [9.17, 15) is 38.8 Å². The van der Waals surface area contributed by atoms with Crippen molar-refractivity contribution in [2.24, 2.45) is 0 Å². The van der Waals surface area contributed by atoms with E-state index in [0.717, 1.165) is 24.3 Å². The number of benzene rings is 1. The fourth-order valence-electron chi connectivity index (χ4n) is 0.997. The Morgan fingerprint density at radius 3 is 1.70 bits per heavy atom. The number of halogens is 5. The third kappa shape index (κ3) is 3.07. The molecule has 0 aliphatic heterocycles. The van der Waals surface area contributed by atoms with E-state index in [4.69, 9.17) is 0 Å². The summed E-state index contributed by atoms with van der Waals surface area (Å²) >= 11 is 0. The maximum atomic E-state index is 12.7. The van der Waals surface area contributed by atoms with Crippen molar-refractivity contribution in [1.29, 1.82) is 0 Å². The molecule has 20 heavy (non-hydrogen) atoms. The smallest absolute Gasteiger partial charge is 0.206 e. The van der Waals surface area contributed by atoms with Crippen molar-refractivity contribution in [1.82, 2.24) is 4.13 Å². The van der Waals surface area contributed by atoms with Gasteiger partial charge in [-0.3, -0.25) is 0 Å². The van der Waals surface area contributed by atoms with Gasteiger partial charge in [0.25, 0.3) is 10.0 Å². The number of hydrogen-bond acceptors (Lipinski definition) is 4. The summed E-state index contributed by atoms with van der Waals surface area (Å²) in [6.07, 6.45) is -6.45. The van der Waals surface area contributed by atoms with Crippen molar-refractivity contribution in [3.05, 3.63) is 30.3 Å². The van der Waals surface area contributed by atoms with Crippen LogP contribution in [0, 0.1) is 0 Å². The molecule has 0 aliphatic carbocycles. The lowest BCUT2D eigenvalue weighted by molar-refractivity contribution is -0.241. The van der Waals surface area contributed by atoms with Gasteiger partial charge in [-0.2, -0.15) is 22.0 Å². The molecule has 1 aromatic rings. The molecular weight excluding hydrogens is 333 g/mol. The molecule has 0 saturated carbocycles. The normalized spacial score (nSPS) is 14.2. The standard InChI is InChI=1S/C8H6F5NO4S2/c9-7(10,11)8(12,13)20(17,18)14-19(15,16)6-4-2-1-3-5-6/h1-5,14H. The van der Waals surface area contributed by atoms with Gasteiger partial charge < -0.3 is 0 Å². The monoisotopic (exact) mass is 339 g/mol. The molecule has 0 amide bonds. The highest BCUT2D eigenvalue weighted by atomic mass is 32.3. The Kier molecular flexibility index (Phi) is 4.14. The van der Waals surface area contributed by atoms with E-state index in [0.29, 0.717) is 4.13 Å². The molecule has 0 spiro atoms. The first-order valence-electron chi connectivity index (χ1n) is 4.59. The van der Waals surface area contributed by atoms with Gasteiger partial charge in [-0.05, 0) is 12.1 Å². The van der Waals surface area contributed by atoms with Crippen LogP contribution < -0.4 is 4.13 Å². The van der Waals surface area contributed by atoms with Gasteiger partial charge in [0.05, 0.1) is 4.90 Å². The van der Waals surface area contributed by atoms with Crippen LogP contribution in [-0.2, 0) is 20.0 Å². The fraction of sp³-hybridized carbons (Fsp3) is 0.250. The zero-order chi connectivity index (χ0) is 15.8. The molecule has 0 aliphatic rings. The summed E-state index contributed by atoms with van der Waals surface area (Å²) in [7, 11) is -11.6. The molecule has 1 aromatic carbocycles. The van der Waals surface area contributed by atoms with E-state index in [-0.39, 0.29) is 0 Å². The van der Waals surface area contributed by atoms with Crippen molar-refractivity contribution in [2.45, 2.75) is 16.3 Å². The van der Waals surface area contributed by atoms with E-state index in [2.05, 4.69) is 0 Å². The molecule has 1 rings (SSSR count). The summed E-state index contributed by atoms with van der Waals surface area (Å²) in [5, 5.41) is -6.25. The van der Waals surface area contributed by atoms with Gasteiger partial charge in [0.2, 0.25) is 0 Å². The van der Waals surface area contributed by atoms with E-state index < -0.39 is 36.4 Å². The van der Waals surface area contributed by atoms with Gasteiger partial charge in [-0.15, -0.1) is 0 Å². The summed E-state index contributed by atoms with van der Waals surface area (Å²) in [5.41, 5.74) is 0. The van der Waals surface area contributed by atoms with Crippen LogP contribution in [0.3, 0.4) is 0 Å². The van der Waals surface area contributed by atoms with E-state index in [1.165, 1.54) is 6.07 Å². The summed E-state index contributed by atoms with van der Waals surface area (Å²) in [4.78, 5) is -0.776. The minimum atomic E-state index is -6.52. The molecule has 0 fully saturated rings. The van der Waals surface area contributed by atoms with Crippen molar-refractivity contribution < 1.29 is 38.8 Å². The summed E-state index contributed by atoms with van der Waals surface area (Å²) in [6.45, 7) is 0. The molecule has 12 heteroatoms. The molecular formula is C8H6F5NO4S2. The lowest BCUT2D eigenvalue weighted by Gasteiger charge is -2.19. The first-order valence-corrected chi connectivity index (χ1v) is 7.56. The topological polar surface area (TPSA) is 80.3 Å². The largest absolute Gasteiger partial charge is 0.471 e. The first-order chi connectivity index (χ1) is 8.81. The van der Waals surface area contributed by atoms with Crippen LogP contribution in [0.4, 0.5) is 22.0 Å². The Morgan fingerprint density at radius 1 is 0.850 bits per heavy atom. The van der Waals surface area contributed by atoms with Crippen molar-refractivity contribution in [3.63, 3.8) is 0 Å². The first kappa shape index (κ1) is 16.8. The Bertz CT molecular complexity index is 681. The molecule has 0 unspecified atom stereocenters. The second kappa shape index (κ2) is 4.93. The molecule has 0 bridgehead atoms. The number of alkyl halides is 5. The van der Waals surface area contributed by atoms with E-state index in [1.807, 2.05) is 0 Å². The van der Waals surface area contributed by atoms with Gasteiger partial charge in [-0.1, -0.05) is 22.3 Å². The van der Waals surface area contributed by atoms with Crippen molar-refractivity contribution in [3.8, 4) is 0 Å². The van der Waals surface area contributed by atoms with Crippen LogP contribution in [0.1, 0.15) is 0 Å². The van der Waals surface area contributed by atoms with Gasteiger partial charge in [0.15, 0.2) is 0 Å². The molecule has 114 valence electrons. The van der Waals surface area contributed by atoms with Crippen LogP contribution in [0.15, 0.2) is 35.2 Å².